The molecule has 1 aromatic carbocycles. The second kappa shape index (κ2) is 6.63. The lowest BCUT2D eigenvalue weighted by molar-refractivity contribution is -0.115. The molecule has 100 valence electrons. The van der Waals surface area contributed by atoms with Crippen LogP contribution in [-0.2, 0) is 4.79 Å². The molecule has 0 radical (unpaired) electrons. The molecule has 0 spiro atoms. The fourth-order valence-corrected chi connectivity index (χ4v) is 2.72. The van der Waals surface area contributed by atoms with E-state index in [2.05, 4.69) is 20.5 Å². The normalized spacial score (nSPS) is 12.1. The molecule has 0 unspecified atom stereocenters. The highest BCUT2D eigenvalue weighted by atomic mass is 32.2. The Kier molecular flexibility index (Phi) is 4.86. The third-order valence-electron chi connectivity index (χ3n) is 2.42. The zero-order valence-corrected chi connectivity index (χ0v) is 12.2. The Morgan fingerprint density at radius 1 is 1.42 bits per heavy atom. The summed E-state index contributed by atoms with van der Waals surface area (Å²) in [5.74, 6) is -0.0529. The molecule has 1 amide bonds. The molecule has 0 saturated carbocycles. The standard InChI is InChI=1S/C12H14N4OS2/c1-8(19-12-13-7-14-16-12)11(17)15-9-5-3-4-6-10(9)18-2/h3-8H,1-2H3,(H,15,17)(H,13,14,16)/t8-/m0/s1. The smallest absolute Gasteiger partial charge is 0.237 e. The van der Waals surface area contributed by atoms with Crippen molar-refractivity contribution < 1.29 is 4.79 Å². The molecule has 0 aliphatic heterocycles. The number of nitrogens with zero attached hydrogens (tertiary/aromatic N) is 2. The van der Waals surface area contributed by atoms with Gasteiger partial charge in [0.1, 0.15) is 6.33 Å². The number of carbonyl (C=O) groups is 1. The number of rotatable bonds is 5. The summed E-state index contributed by atoms with van der Waals surface area (Å²) in [4.78, 5) is 17.1. The number of hydrogen-bond acceptors (Lipinski definition) is 5. The topological polar surface area (TPSA) is 70.7 Å². The van der Waals surface area contributed by atoms with Crippen LogP contribution in [0.15, 0.2) is 40.6 Å². The van der Waals surface area contributed by atoms with Crippen molar-refractivity contribution in [1.82, 2.24) is 15.2 Å². The molecule has 0 fully saturated rings. The van der Waals surface area contributed by atoms with Gasteiger partial charge in [-0.15, -0.1) is 11.8 Å². The molecule has 2 rings (SSSR count). The maximum absolute atomic E-state index is 12.1. The molecule has 1 aromatic heterocycles. The number of para-hydroxylation sites is 1. The van der Waals surface area contributed by atoms with Crippen molar-refractivity contribution in [3.8, 4) is 0 Å². The number of aromatic nitrogens is 3. The van der Waals surface area contributed by atoms with E-state index < -0.39 is 0 Å². The predicted octanol–water partition coefficient (Wildman–Crippen LogP) is 2.65. The van der Waals surface area contributed by atoms with E-state index in [1.807, 2.05) is 37.4 Å². The van der Waals surface area contributed by atoms with Gasteiger partial charge in [-0.1, -0.05) is 23.9 Å². The Morgan fingerprint density at radius 3 is 2.89 bits per heavy atom. The van der Waals surface area contributed by atoms with Gasteiger partial charge in [-0.25, -0.2) is 4.98 Å². The van der Waals surface area contributed by atoms with Crippen LogP contribution in [0.2, 0.25) is 0 Å². The predicted molar refractivity (Wildman–Crippen MR) is 78.6 cm³/mol. The highest BCUT2D eigenvalue weighted by Crippen LogP contribution is 2.26. The average molecular weight is 294 g/mol. The number of nitrogens with one attached hydrogen (secondary N) is 2. The molecule has 5 nitrogen and oxygen atoms in total. The van der Waals surface area contributed by atoms with Crippen LogP contribution in [0.5, 0.6) is 0 Å². The molecular formula is C12H14N4OS2. The van der Waals surface area contributed by atoms with Crippen LogP contribution in [0.3, 0.4) is 0 Å². The fraction of sp³-hybridized carbons (Fsp3) is 0.250. The van der Waals surface area contributed by atoms with Crippen LogP contribution >= 0.6 is 23.5 Å². The zero-order chi connectivity index (χ0) is 13.7. The second-order valence-corrected chi connectivity index (χ2v) is 5.92. The van der Waals surface area contributed by atoms with Gasteiger partial charge in [-0.3, -0.25) is 9.89 Å². The highest BCUT2D eigenvalue weighted by molar-refractivity contribution is 8.00. The van der Waals surface area contributed by atoms with Crippen molar-refractivity contribution in [2.45, 2.75) is 22.2 Å². The lowest BCUT2D eigenvalue weighted by Crippen LogP contribution is -2.22. The van der Waals surface area contributed by atoms with Crippen LogP contribution in [0.1, 0.15) is 6.92 Å². The van der Waals surface area contributed by atoms with Gasteiger partial charge in [0.25, 0.3) is 0 Å². The van der Waals surface area contributed by atoms with Gasteiger partial charge in [0.15, 0.2) is 5.16 Å². The van der Waals surface area contributed by atoms with Crippen molar-refractivity contribution in [3.05, 3.63) is 30.6 Å². The summed E-state index contributed by atoms with van der Waals surface area (Å²) < 4.78 is 0. The maximum atomic E-state index is 12.1. The summed E-state index contributed by atoms with van der Waals surface area (Å²) in [6, 6.07) is 7.74. The van der Waals surface area contributed by atoms with E-state index in [9.17, 15) is 4.79 Å². The summed E-state index contributed by atoms with van der Waals surface area (Å²) in [6.45, 7) is 1.84. The molecule has 0 bridgehead atoms. The minimum absolute atomic E-state index is 0.0529. The first-order chi connectivity index (χ1) is 9.20. The van der Waals surface area contributed by atoms with Gasteiger partial charge < -0.3 is 5.32 Å². The average Bonchev–Trinajstić information content (AvgIpc) is 2.92. The minimum atomic E-state index is -0.247. The van der Waals surface area contributed by atoms with Gasteiger partial charge in [-0.05, 0) is 25.3 Å². The van der Waals surface area contributed by atoms with Gasteiger partial charge in [0.05, 0.1) is 10.9 Å². The first-order valence-electron chi connectivity index (χ1n) is 5.66. The number of anilines is 1. The molecule has 2 aromatic rings. The molecule has 1 atom stereocenters. The summed E-state index contributed by atoms with van der Waals surface area (Å²) in [7, 11) is 0. The Bertz CT molecular complexity index is 544. The van der Waals surface area contributed by atoms with Crippen LogP contribution < -0.4 is 5.32 Å². The lowest BCUT2D eigenvalue weighted by atomic mass is 10.3. The lowest BCUT2D eigenvalue weighted by Gasteiger charge is -2.12. The van der Waals surface area contributed by atoms with Crippen molar-refractivity contribution >= 4 is 35.1 Å². The second-order valence-electron chi connectivity index (χ2n) is 3.74. The number of benzene rings is 1. The van der Waals surface area contributed by atoms with Gasteiger partial charge >= 0.3 is 0 Å². The van der Waals surface area contributed by atoms with Crippen molar-refractivity contribution in [2.24, 2.45) is 0 Å². The Hall–Kier alpha value is -1.47. The van der Waals surface area contributed by atoms with E-state index in [0.717, 1.165) is 10.6 Å². The minimum Gasteiger partial charge on any atom is -0.324 e. The summed E-state index contributed by atoms with van der Waals surface area (Å²) in [6.07, 6.45) is 3.41. The molecule has 0 aliphatic carbocycles. The van der Waals surface area contributed by atoms with E-state index in [0.29, 0.717) is 5.16 Å². The molecule has 0 saturated heterocycles. The number of H-pyrrole nitrogens is 1. The van der Waals surface area contributed by atoms with Gasteiger partial charge in [0.2, 0.25) is 5.91 Å². The van der Waals surface area contributed by atoms with Crippen LogP contribution in [0.25, 0.3) is 0 Å². The fourth-order valence-electron chi connectivity index (χ4n) is 1.45. The number of hydrogen-bond donors (Lipinski definition) is 2. The zero-order valence-electron chi connectivity index (χ0n) is 10.6. The summed E-state index contributed by atoms with van der Waals surface area (Å²) in [5.41, 5.74) is 0.838. The quantitative estimate of drug-likeness (QED) is 0.830. The first kappa shape index (κ1) is 14.0. The largest absolute Gasteiger partial charge is 0.324 e. The van der Waals surface area contributed by atoms with Gasteiger partial charge in [0, 0.05) is 4.90 Å². The third kappa shape index (κ3) is 3.74. The van der Waals surface area contributed by atoms with Crippen molar-refractivity contribution in [1.29, 1.82) is 0 Å². The molecule has 2 N–H and O–H groups in total. The molecule has 19 heavy (non-hydrogen) atoms. The van der Waals surface area contributed by atoms with E-state index >= 15 is 0 Å². The SMILES string of the molecule is CSc1ccccc1NC(=O)[C@H](C)Sc1ncn[nH]1. The molecule has 1 heterocycles. The first-order valence-corrected chi connectivity index (χ1v) is 7.77. The Morgan fingerprint density at radius 2 is 2.21 bits per heavy atom. The maximum Gasteiger partial charge on any atom is 0.237 e. The number of aromatic amines is 1. The van der Waals surface area contributed by atoms with E-state index in [1.54, 1.807) is 11.8 Å². The van der Waals surface area contributed by atoms with E-state index in [1.165, 1.54) is 18.1 Å². The Labute approximate surface area is 120 Å². The van der Waals surface area contributed by atoms with E-state index in [4.69, 9.17) is 0 Å². The number of amides is 1. The monoisotopic (exact) mass is 294 g/mol. The van der Waals surface area contributed by atoms with Gasteiger partial charge in [-0.2, -0.15) is 5.10 Å². The summed E-state index contributed by atoms with van der Waals surface area (Å²) >= 11 is 2.95. The van der Waals surface area contributed by atoms with Crippen molar-refractivity contribution in [2.75, 3.05) is 11.6 Å². The summed E-state index contributed by atoms with van der Waals surface area (Å²) in [5, 5.41) is 9.80. The molecule has 7 heteroatoms. The van der Waals surface area contributed by atoms with Crippen LogP contribution in [-0.4, -0.2) is 32.6 Å². The molecular weight excluding hydrogens is 280 g/mol. The Balaban J connectivity index is 2.00. The van der Waals surface area contributed by atoms with Crippen LogP contribution in [0.4, 0.5) is 5.69 Å². The van der Waals surface area contributed by atoms with Crippen molar-refractivity contribution in [3.63, 3.8) is 0 Å². The van der Waals surface area contributed by atoms with E-state index in [-0.39, 0.29) is 11.2 Å². The van der Waals surface area contributed by atoms with Crippen LogP contribution in [0, 0.1) is 0 Å². The number of carbonyl (C=O) groups excluding carboxylic acids is 1. The third-order valence-corrected chi connectivity index (χ3v) is 4.20. The number of thioether (sulfide) groups is 2. The molecule has 0 aliphatic rings. The highest BCUT2D eigenvalue weighted by Gasteiger charge is 2.16.